The quantitative estimate of drug-likeness (QED) is 0.458. The summed E-state index contributed by atoms with van der Waals surface area (Å²) in [5.41, 5.74) is 1.50. The summed E-state index contributed by atoms with van der Waals surface area (Å²) in [4.78, 5) is 24.1. The highest BCUT2D eigenvalue weighted by Gasteiger charge is 2.59. The Morgan fingerprint density at radius 1 is 1.25 bits per heavy atom. The van der Waals surface area contributed by atoms with Crippen molar-refractivity contribution < 1.29 is 19.1 Å². The average Bonchev–Trinajstić information content (AvgIpc) is 2.98. The maximum absolute atomic E-state index is 12.2. The lowest BCUT2D eigenvalue weighted by Crippen LogP contribution is -2.50. The molecule has 0 aromatic heterocycles. The zero-order valence-electron chi connectivity index (χ0n) is 17.7. The maximum atomic E-state index is 12.2. The third kappa shape index (κ3) is 3.41. The fraction of sp³-hybridized carbons (Fsp3) is 0.833. The first-order valence-electron chi connectivity index (χ1n) is 11.5. The van der Waals surface area contributed by atoms with Crippen molar-refractivity contribution in [3.05, 3.63) is 11.6 Å². The first-order valence-corrected chi connectivity index (χ1v) is 11.5. The fourth-order valence-electron chi connectivity index (χ4n) is 7.18. The minimum atomic E-state index is -0.477. The van der Waals surface area contributed by atoms with Gasteiger partial charge in [-0.05, 0) is 80.6 Å². The summed E-state index contributed by atoms with van der Waals surface area (Å²) in [6.45, 7) is 7.28. The van der Waals surface area contributed by atoms with Crippen molar-refractivity contribution >= 4 is 11.9 Å². The molecule has 28 heavy (non-hydrogen) atoms. The van der Waals surface area contributed by atoms with Crippen molar-refractivity contribution in [1.29, 1.82) is 0 Å². The van der Waals surface area contributed by atoms with Crippen LogP contribution in [0.15, 0.2) is 11.6 Å². The molecular formula is C24H36O4. The molecule has 0 N–H and O–H groups in total. The predicted octanol–water partition coefficient (Wildman–Crippen LogP) is 5.70. The number of hydrogen-bond acceptors (Lipinski definition) is 4. The Hall–Kier alpha value is -1.32. The Kier molecular flexibility index (Phi) is 5.59. The van der Waals surface area contributed by atoms with Crippen molar-refractivity contribution in [3.8, 4) is 0 Å². The number of rotatable bonds is 4. The number of carbonyl (C=O) groups excluding carboxylic acids is 2. The van der Waals surface area contributed by atoms with Gasteiger partial charge in [0, 0.05) is 11.8 Å². The summed E-state index contributed by atoms with van der Waals surface area (Å²) in [5.74, 6) is 3.57. The number of allylic oxidation sites excluding steroid dienone is 1. The van der Waals surface area contributed by atoms with Crippen LogP contribution in [0, 0.1) is 35.0 Å². The number of ketones is 1. The highest BCUT2D eigenvalue weighted by Crippen LogP contribution is 2.63. The maximum Gasteiger partial charge on any atom is 0.508 e. The highest BCUT2D eigenvalue weighted by atomic mass is 16.7. The SMILES string of the molecule is CCCCOC(=O)OC1CCC2C3C(C)CC4=CC(=O)CCC4C3CCC12C. The first kappa shape index (κ1) is 20.0. The molecule has 0 aliphatic heterocycles. The van der Waals surface area contributed by atoms with Crippen molar-refractivity contribution in [1.82, 2.24) is 0 Å². The second-order valence-corrected chi connectivity index (χ2v) is 10.0. The van der Waals surface area contributed by atoms with Crippen LogP contribution in [0.5, 0.6) is 0 Å². The molecule has 0 aromatic rings. The van der Waals surface area contributed by atoms with Gasteiger partial charge in [0.2, 0.25) is 0 Å². The monoisotopic (exact) mass is 388 g/mol. The van der Waals surface area contributed by atoms with E-state index in [1.165, 1.54) is 12.0 Å². The van der Waals surface area contributed by atoms with Gasteiger partial charge in [-0.1, -0.05) is 32.8 Å². The van der Waals surface area contributed by atoms with Gasteiger partial charge in [0.1, 0.15) is 6.10 Å². The molecule has 7 atom stereocenters. The highest BCUT2D eigenvalue weighted by molar-refractivity contribution is 5.91. The molecule has 0 saturated heterocycles. The van der Waals surface area contributed by atoms with Crippen LogP contribution in [0.4, 0.5) is 4.79 Å². The van der Waals surface area contributed by atoms with Gasteiger partial charge in [0.15, 0.2) is 5.78 Å². The second kappa shape index (κ2) is 7.84. The van der Waals surface area contributed by atoms with Crippen LogP contribution in [-0.4, -0.2) is 24.6 Å². The van der Waals surface area contributed by atoms with E-state index < -0.39 is 6.16 Å². The molecule has 4 aliphatic carbocycles. The number of hydrogen-bond donors (Lipinski definition) is 0. The van der Waals surface area contributed by atoms with Crippen LogP contribution in [-0.2, 0) is 14.3 Å². The van der Waals surface area contributed by atoms with E-state index in [2.05, 4.69) is 20.8 Å². The lowest BCUT2D eigenvalue weighted by molar-refractivity contribution is -0.116. The Labute approximate surface area is 169 Å². The Balaban J connectivity index is 1.47. The van der Waals surface area contributed by atoms with E-state index in [4.69, 9.17) is 9.47 Å². The van der Waals surface area contributed by atoms with Crippen LogP contribution >= 0.6 is 0 Å². The van der Waals surface area contributed by atoms with Gasteiger partial charge in [0.05, 0.1) is 6.61 Å². The summed E-state index contributed by atoms with van der Waals surface area (Å²) in [6.07, 6.45) is 10.7. The summed E-state index contributed by atoms with van der Waals surface area (Å²) in [5, 5.41) is 0. The van der Waals surface area contributed by atoms with Crippen molar-refractivity contribution in [3.63, 3.8) is 0 Å². The van der Waals surface area contributed by atoms with Gasteiger partial charge in [0.25, 0.3) is 0 Å². The third-order valence-electron chi connectivity index (χ3n) is 8.51. The van der Waals surface area contributed by atoms with Crippen molar-refractivity contribution in [2.75, 3.05) is 6.61 Å². The van der Waals surface area contributed by atoms with Gasteiger partial charge in [-0.15, -0.1) is 0 Å². The topological polar surface area (TPSA) is 52.6 Å². The van der Waals surface area contributed by atoms with E-state index >= 15 is 0 Å². The molecule has 0 heterocycles. The number of fused-ring (bicyclic) bond motifs is 5. The van der Waals surface area contributed by atoms with Crippen LogP contribution < -0.4 is 0 Å². The molecule has 0 radical (unpaired) electrons. The molecule has 4 nitrogen and oxygen atoms in total. The summed E-state index contributed by atoms with van der Waals surface area (Å²) in [6, 6.07) is 0. The summed E-state index contributed by atoms with van der Waals surface area (Å²) < 4.78 is 11.1. The van der Waals surface area contributed by atoms with Crippen LogP contribution in [0.3, 0.4) is 0 Å². The molecule has 4 heteroatoms. The van der Waals surface area contributed by atoms with Crippen molar-refractivity contribution in [2.45, 2.75) is 84.7 Å². The third-order valence-corrected chi connectivity index (χ3v) is 8.51. The molecule has 3 saturated carbocycles. The Morgan fingerprint density at radius 2 is 2.07 bits per heavy atom. The van der Waals surface area contributed by atoms with E-state index in [9.17, 15) is 9.59 Å². The summed E-state index contributed by atoms with van der Waals surface area (Å²) in [7, 11) is 0. The van der Waals surface area contributed by atoms with Gasteiger partial charge < -0.3 is 9.47 Å². The van der Waals surface area contributed by atoms with Crippen LogP contribution in [0.1, 0.15) is 78.6 Å². The number of carbonyl (C=O) groups is 2. The molecule has 156 valence electrons. The Morgan fingerprint density at radius 3 is 2.86 bits per heavy atom. The molecule has 4 rings (SSSR count). The molecule has 4 aliphatic rings. The van der Waals surface area contributed by atoms with Gasteiger partial charge >= 0.3 is 6.16 Å². The zero-order chi connectivity index (χ0) is 19.9. The standard InChI is InChI=1S/C24H36O4/c1-4-5-12-27-23(26)28-21-9-8-20-22-15(2)13-16-14-17(25)6-7-18(16)19(22)10-11-24(20,21)3/h14-15,18-22H,4-13H2,1-3H3. The minimum Gasteiger partial charge on any atom is -0.434 e. The number of ether oxygens (including phenoxy) is 2. The summed E-state index contributed by atoms with van der Waals surface area (Å²) >= 11 is 0. The van der Waals surface area contributed by atoms with E-state index in [-0.39, 0.29) is 11.5 Å². The molecular weight excluding hydrogens is 352 g/mol. The molecule has 7 unspecified atom stereocenters. The number of unbranched alkanes of at least 4 members (excludes halogenated alkanes) is 1. The van der Waals surface area contributed by atoms with Gasteiger partial charge in [-0.25, -0.2) is 4.79 Å². The fourth-order valence-corrected chi connectivity index (χ4v) is 7.18. The van der Waals surface area contributed by atoms with E-state index in [0.29, 0.717) is 42.0 Å². The lowest BCUT2D eigenvalue weighted by atomic mass is 9.49. The van der Waals surface area contributed by atoms with Crippen LogP contribution in [0.2, 0.25) is 0 Å². The van der Waals surface area contributed by atoms with E-state index in [0.717, 1.165) is 51.4 Å². The van der Waals surface area contributed by atoms with Crippen LogP contribution in [0.25, 0.3) is 0 Å². The molecule has 0 amide bonds. The molecule has 0 aromatic carbocycles. The van der Waals surface area contributed by atoms with Gasteiger partial charge in [-0.3, -0.25) is 4.79 Å². The normalized spacial score (nSPS) is 42.1. The predicted molar refractivity (Wildman–Crippen MR) is 108 cm³/mol. The second-order valence-electron chi connectivity index (χ2n) is 10.0. The minimum absolute atomic E-state index is 0.00958. The first-order chi connectivity index (χ1) is 13.4. The van der Waals surface area contributed by atoms with Crippen molar-refractivity contribution in [2.24, 2.45) is 35.0 Å². The van der Waals surface area contributed by atoms with E-state index in [1.54, 1.807) is 0 Å². The molecule has 3 fully saturated rings. The Bertz CT molecular complexity index is 653. The zero-order valence-corrected chi connectivity index (χ0v) is 17.7. The lowest BCUT2D eigenvalue weighted by Gasteiger charge is -2.55. The molecule has 0 bridgehead atoms. The smallest absolute Gasteiger partial charge is 0.434 e. The van der Waals surface area contributed by atoms with Gasteiger partial charge in [-0.2, -0.15) is 0 Å². The largest absolute Gasteiger partial charge is 0.508 e. The van der Waals surface area contributed by atoms with E-state index in [1.807, 2.05) is 6.08 Å². The average molecular weight is 389 g/mol. The molecule has 0 spiro atoms.